The molecule has 0 saturated carbocycles. The number of carbonyl (C=O) groups is 1. The van der Waals surface area contributed by atoms with Crippen LogP contribution in [0.1, 0.15) is 23.8 Å². The number of benzene rings is 1. The lowest BCUT2D eigenvalue weighted by molar-refractivity contribution is -0.384. The SMILES string of the molecule is C=CCn1c(SCC(=O)Nc2ccc(F)cc2[N+](=O)[O-])nc2sc3c(c2c1=O)CCC(C)C3. The van der Waals surface area contributed by atoms with Crippen molar-refractivity contribution in [1.82, 2.24) is 9.55 Å². The van der Waals surface area contributed by atoms with Gasteiger partial charge in [-0.3, -0.25) is 24.3 Å². The Morgan fingerprint density at radius 2 is 2.30 bits per heavy atom. The molecule has 1 aliphatic rings. The number of anilines is 1. The molecule has 1 amide bonds. The number of hydrogen-bond acceptors (Lipinski definition) is 7. The van der Waals surface area contributed by atoms with Crippen molar-refractivity contribution < 1.29 is 14.1 Å². The van der Waals surface area contributed by atoms with Gasteiger partial charge < -0.3 is 5.32 Å². The average Bonchev–Trinajstić information content (AvgIpc) is 3.13. The summed E-state index contributed by atoms with van der Waals surface area (Å²) in [4.78, 5) is 42.7. The maximum Gasteiger partial charge on any atom is 0.295 e. The van der Waals surface area contributed by atoms with Crippen molar-refractivity contribution >= 4 is 50.6 Å². The van der Waals surface area contributed by atoms with Crippen LogP contribution >= 0.6 is 23.1 Å². The lowest BCUT2D eigenvalue weighted by Crippen LogP contribution is -2.24. The second-order valence-corrected chi connectivity index (χ2v) is 9.91. The van der Waals surface area contributed by atoms with Crippen LogP contribution in [-0.4, -0.2) is 26.1 Å². The maximum atomic E-state index is 13.3. The second kappa shape index (κ2) is 9.44. The van der Waals surface area contributed by atoms with Crippen LogP contribution in [0, 0.1) is 21.8 Å². The van der Waals surface area contributed by atoms with E-state index in [4.69, 9.17) is 0 Å². The molecule has 1 atom stereocenters. The molecule has 1 N–H and O–H groups in total. The Morgan fingerprint density at radius 3 is 3.03 bits per heavy atom. The molecule has 1 unspecified atom stereocenters. The minimum absolute atomic E-state index is 0.0982. The van der Waals surface area contributed by atoms with Gasteiger partial charge in [-0.25, -0.2) is 9.37 Å². The number of rotatable bonds is 7. The molecule has 0 saturated heterocycles. The van der Waals surface area contributed by atoms with E-state index in [0.717, 1.165) is 54.8 Å². The van der Waals surface area contributed by atoms with E-state index in [2.05, 4.69) is 23.8 Å². The number of aromatic nitrogens is 2. The first-order valence-corrected chi connectivity index (χ1v) is 12.1. The molecule has 1 aromatic carbocycles. The van der Waals surface area contributed by atoms with Crippen LogP contribution in [0.3, 0.4) is 0 Å². The lowest BCUT2D eigenvalue weighted by Gasteiger charge is -2.17. The fourth-order valence-electron chi connectivity index (χ4n) is 3.88. The summed E-state index contributed by atoms with van der Waals surface area (Å²) < 4.78 is 14.8. The van der Waals surface area contributed by atoms with Crippen LogP contribution in [0.25, 0.3) is 10.2 Å². The van der Waals surface area contributed by atoms with E-state index in [-0.39, 0.29) is 23.5 Å². The molecule has 0 bridgehead atoms. The molecule has 0 fully saturated rings. The Hall–Kier alpha value is -3.05. The van der Waals surface area contributed by atoms with Gasteiger partial charge in [-0.05, 0) is 42.9 Å². The molecule has 2 aromatic heterocycles. The van der Waals surface area contributed by atoms with Gasteiger partial charge in [-0.2, -0.15) is 0 Å². The molecule has 4 rings (SSSR count). The van der Waals surface area contributed by atoms with E-state index in [1.54, 1.807) is 6.08 Å². The molecular weight excluding hydrogens is 467 g/mol. The number of amides is 1. The van der Waals surface area contributed by atoms with E-state index >= 15 is 0 Å². The van der Waals surface area contributed by atoms with Crippen molar-refractivity contribution in [3.8, 4) is 0 Å². The summed E-state index contributed by atoms with van der Waals surface area (Å²) in [7, 11) is 0. The third kappa shape index (κ3) is 4.69. The number of thioether (sulfide) groups is 1. The molecule has 8 nitrogen and oxygen atoms in total. The number of nitro groups is 1. The average molecular weight is 489 g/mol. The smallest absolute Gasteiger partial charge is 0.295 e. The zero-order valence-electron chi connectivity index (χ0n) is 17.8. The summed E-state index contributed by atoms with van der Waals surface area (Å²) in [5.74, 6) is -0.873. The number of thiophene rings is 1. The number of aryl methyl sites for hydroxylation is 1. The van der Waals surface area contributed by atoms with E-state index in [1.165, 1.54) is 20.8 Å². The predicted octanol–water partition coefficient (Wildman–Crippen LogP) is 4.55. The van der Waals surface area contributed by atoms with Crippen LogP contribution in [0.4, 0.5) is 15.8 Å². The zero-order chi connectivity index (χ0) is 23.7. The van der Waals surface area contributed by atoms with Crippen molar-refractivity contribution in [2.45, 2.75) is 37.9 Å². The monoisotopic (exact) mass is 488 g/mol. The van der Waals surface area contributed by atoms with Crippen LogP contribution in [-0.2, 0) is 24.2 Å². The summed E-state index contributed by atoms with van der Waals surface area (Å²) in [5.41, 5.74) is 0.305. The Labute approximate surface area is 196 Å². The van der Waals surface area contributed by atoms with Crippen molar-refractivity contribution in [1.29, 1.82) is 0 Å². The van der Waals surface area contributed by atoms with Crippen LogP contribution in [0.2, 0.25) is 0 Å². The van der Waals surface area contributed by atoms with Crippen molar-refractivity contribution in [3.05, 3.63) is 67.6 Å². The highest BCUT2D eigenvalue weighted by molar-refractivity contribution is 7.99. The molecule has 3 aromatic rings. The largest absolute Gasteiger partial charge is 0.320 e. The number of carbonyl (C=O) groups excluding carboxylic acids is 1. The molecule has 1 aliphatic carbocycles. The fraction of sp³-hybridized carbons (Fsp3) is 0.318. The Kier molecular flexibility index (Phi) is 6.61. The molecule has 11 heteroatoms. The second-order valence-electron chi connectivity index (χ2n) is 7.89. The quantitative estimate of drug-likeness (QED) is 0.172. The van der Waals surface area contributed by atoms with E-state index in [9.17, 15) is 24.1 Å². The predicted molar refractivity (Wildman–Crippen MR) is 128 cm³/mol. The Bertz CT molecular complexity index is 1330. The van der Waals surface area contributed by atoms with Gasteiger partial charge in [0.25, 0.3) is 11.2 Å². The highest BCUT2D eigenvalue weighted by Gasteiger charge is 2.25. The number of allylic oxidation sites excluding steroid dienone is 1. The third-order valence-corrected chi connectivity index (χ3v) is 7.58. The third-order valence-electron chi connectivity index (χ3n) is 5.45. The van der Waals surface area contributed by atoms with Gasteiger partial charge >= 0.3 is 0 Å². The Balaban J connectivity index is 1.60. The van der Waals surface area contributed by atoms with Crippen molar-refractivity contribution in [3.63, 3.8) is 0 Å². The van der Waals surface area contributed by atoms with E-state index < -0.39 is 22.3 Å². The molecule has 0 aliphatic heterocycles. The summed E-state index contributed by atoms with van der Waals surface area (Å²) in [6.07, 6.45) is 4.42. The van der Waals surface area contributed by atoms with Gasteiger partial charge in [0.1, 0.15) is 16.3 Å². The first kappa shape index (κ1) is 23.1. The highest BCUT2D eigenvalue weighted by atomic mass is 32.2. The van der Waals surface area contributed by atoms with Gasteiger partial charge in [0.05, 0.1) is 22.1 Å². The van der Waals surface area contributed by atoms with Gasteiger partial charge in [0, 0.05) is 11.4 Å². The maximum absolute atomic E-state index is 13.3. The van der Waals surface area contributed by atoms with E-state index in [0.29, 0.717) is 21.3 Å². The molecule has 2 heterocycles. The van der Waals surface area contributed by atoms with Gasteiger partial charge in [-0.15, -0.1) is 17.9 Å². The normalized spacial score (nSPS) is 15.3. The molecule has 33 heavy (non-hydrogen) atoms. The number of nitro benzene ring substituents is 1. The van der Waals surface area contributed by atoms with E-state index in [1.807, 2.05) is 0 Å². The van der Waals surface area contributed by atoms with Crippen LogP contribution in [0.15, 0.2) is 40.8 Å². The molecule has 0 radical (unpaired) electrons. The summed E-state index contributed by atoms with van der Waals surface area (Å²) in [5, 5.41) is 14.6. The van der Waals surface area contributed by atoms with Gasteiger partial charge in [-0.1, -0.05) is 24.8 Å². The number of halogens is 1. The number of nitrogens with one attached hydrogen (secondary N) is 1. The van der Waals surface area contributed by atoms with Gasteiger partial charge in [0.2, 0.25) is 5.91 Å². The minimum atomic E-state index is -0.770. The number of hydrogen-bond donors (Lipinski definition) is 1. The first-order chi connectivity index (χ1) is 15.8. The van der Waals surface area contributed by atoms with Crippen molar-refractivity contribution in [2.24, 2.45) is 5.92 Å². The highest BCUT2D eigenvalue weighted by Crippen LogP contribution is 2.36. The standard InChI is InChI=1S/C22H21FN4O4S2/c1-3-8-26-21(29)19-14-6-4-12(2)9-17(14)33-20(19)25-22(26)32-11-18(28)24-15-7-5-13(23)10-16(15)27(30)31/h3,5,7,10,12H,1,4,6,8-9,11H2,2H3,(H,24,28). The minimum Gasteiger partial charge on any atom is -0.320 e. The van der Waals surface area contributed by atoms with Crippen LogP contribution < -0.4 is 10.9 Å². The number of fused-ring (bicyclic) bond motifs is 3. The zero-order valence-corrected chi connectivity index (χ0v) is 19.4. The molecular formula is C22H21FN4O4S2. The topological polar surface area (TPSA) is 107 Å². The fourth-order valence-corrected chi connectivity index (χ4v) is 6.12. The molecule has 0 spiro atoms. The molecule has 172 valence electrons. The first-order valence-electron chi connectivity index (χ1n) is 10.3. The summed E-state index contributed by atoms with van der Waals surface area (Å²) in [6.45, 7) is 6.16. The summed E-state index contributed by atoms with van der Waals surface area (Å²) >= 11 is 2.59. The summed E-state index contributed by atoms with van der Waals surface area (Å²) in [6, 6.07) is 2.93. The number of nitrogens with zero attached hydrogens (tertiary/aromatic N) is 3. The van der Waals surface area contributed by atoms with Crippen molar-refractivity contribution in [2.75, 3.05) is 11.1 Å². The van der Waals surface area contributed by atoms with Gasteiger partial charge in [0.15, 0.2) is 5.16 Å². The Morgan fingerprint density at radius 1 is 1.52 bits per heavy atom. The van der Waals surface area contributed by atoms with Crippen LogP contribution in [0.5, 0.6) is 0 Å². The lowest BCUT2D eigenvalue weighted by atomic mass is 9.89.